The highest BCUT2D eigenvalue weighted by Crippen LogP contribution is 2.19. The largest absolute Gasteiger partial charge is 0.465 e. The molecule has 2 amide bonds. The molecule has 0 aliphatic carbocycles. The Morgan fingerprint density at radius 3 is 2.48 bits per heavy atom. The summed E-state index contributed by atoms with van der Waals surface area (Å²) in [5.41, 5.74) is 1.50. The Hall–Kier alpha value is -3.16. The van der Waals surface area contributed by atoms with Crippen LogP contribution in [0.5, 0.6) is 5.75 Å². The second-order valence-electron chi connectivity index (χ2n) is 4.90. The highest BCUT2D eigenvalue weighted by Gasteiger charge is 2.07. The van der Waals surface area contributed by atoms with Gasteiger partial charge in [-0.15, -0.1) is 0 Å². The first kappa shape index (κ1) is 18.2. The van der Waals surface area contributed by atoms with Gasteiger partial charge in [0.05, 0.1) is 12.7 Å². The zero-order valence-electron chi connectivity index (χ0n) is 13.3. The topological polar surface area (TPSA) is 76.7 Å². The van der Waals surface area contributed by atoms with Gasteiger partial charge in [-0.2, -0.15) is 8.78 Å². The van der Waals surface area contributed by atoms with E-state index in [9.17, 15) is 18.4 Å². The van der Waals surface area contributed by atoms with Crippen LogP contribution in [0.3, 0.4) is 0 Å². The number of halogens is 2. The predicted octanol–water partition coefficient (Wildman–Crippen LogP) is 3.40. The van der Waals surface area contributed by atoms with E-state index >= 15 is 0 Å². The first-order valence-electron chi connectivity index (χ1n) is 7.25. The lowest BCUT2D eigenvalue weighted by molar-refractivity contribution is -0.0498. The van der Waals surface area contributed by atoms with Crippen LogP contribution in [-0.4, -0.2) is 25.7 Å². The summed E-state index contributed by atoms with van der Waals surface area (Å²) in [6, 6.07) is 11.7. The Kier molecular flexibility index (Phi) is 6.27. The van der Waals surface area contributed by atoms with E-state index in [1.807, 2.05) is 0 Å². The van der Waals surface area contributed by atoms with Crippen molar-refractivity contribution in [3.8, 4) is 5.75 Å². The summed E-state index contributed by atoms with van der Waals surface area (Å²) < 4.78 is 33.2. The number of carbonyl (C=O) groups excluding carboxylic acids is 2. The van der Waals surface area contributed by atoms with Crippen LogP contribution in [0.25, 0.3) is 0 Å². The first-order chi connectivity index (χ1) is 12.0. The number of ether oxygens (including phenoxy) is 2. The Balaban J connectivity index is 1.87. The van der Waals surface area contributed by atoms with Crippen LogP contribution in [0.4, 0.5) is 19.3 Å². The van der Waals surface area contributed by atoms with Crippen LogP contribution in [0.15, 0.2) is 48.5 Å². The van der Waals surface area contributed by atoms with E-state index < -0.39 is 18.6 Å². The Morgan fingerprint density at radius 1 is 1.12 bits per heavy atom. The Labute approximate surface area is 142 Å². The van der Waals surface area contributed by atoms with Crippen molar-refractivity contribution in [3.63, 3.8) is 0 Å². The molecule has 2 aromatic rings. The van der Waals surface area contributed by atoms with Crippen LogP contribution in [0.1, 0.15) is 15.9 Å². The van der Waals surface area contributed by atoms with Crippen molar-refractivity contribution in [2.45, 2.75) is 13.2 Å². The molecule has 0 bridgehead atoms. The number of hydrogen-bond acceptors (Lipinski definition) is 4. The molecular formula is C17H16F2N2O4. The molecule has 0 radical (unpaired) electrons. The molecule has 25 heavy (non-hydrogen) atoms. The molecular weight excluding hydrogens is 334 g/mol. The lowest BCUT2D eigenvalue weighted by atomic mass is 10.1. The monoisotopic (exact) mass is 350 g/mol. The lowest BCUT2D eigenvalue weighted by Crippen LogP contribution is -2.28. The van der Waals surface area contributed by atoms with Gasteiger partial charge < -0.3 is 20.1 Å². The molecule has 0 saturated heterocycles. The average molecular weight is 350 g/mol. The molecule has 6 nitrogen and oxygen atoms in total. The first-order valence-corrected chi connectivity index (χ1v) is 7.25. The molecule has 2 aromatic carbocycles. The normalized spacial score (nSPS) is 10.2. The van der Waals surface area contributed by atoms with E-state index in [0.717, 1.165) is 5.56 Å². The molecule has 0 heterocycles. The molecule has 0 saturated carbocycles. The maximum absolute atomic E-state index is 12.2. The van der Waals surface area contributed by atoms with Gasteiger partial charge in [0.15, 0.2) is 0 Å². The second-order valence-corrected chi connectivity index (χ2v) is 4.90. The molecule has 0 aliphatic heterocycles. The van der Waals surface area contributed by atoms with Gasteiger partial charge in [-0.3, -0.25) is 0 Å². The molecule has 0 aromatic heterocycles. The SMILES string of the molecule is COC(=O)c1ccc(CNC(=O)Nc2cccc(OC(F)F)c2)cc1. The van der Waals surface area contributed by atoms with Crippen LogP contribution >= 0.6 is 0 Å². The average Bonchev–Trinajstić information content (AvgIpc) is 2.59. The van der Waals surface area contributed by atoms with E-state index in [2.05, 4.69) is 20.1 Å². The van der Waals surface area contributed by atoms with E-state index in [4.69, 9.17) is 0 Å². The smallest absolute Gasteiger partial charge is 0.387 e. The van der Waals surface area contributed by atoms with Crippen LogP contribution in [0.2, 0.25) is 0 Å². The maximum atomic E-state index is 12.2. The van der Waals surface area contributed by atoms with Crippen LogP contribution < -0.4 is 15.4 Å². The van der Waals surface area contributed by atoms with E-state index in [1.54, 1.807) is 30.3 Å². The zero-order chi connectivity index (χ0) is 18.2. The molecule has 0 unspecified atom stereocenters. The van der Waals surface area contributed by atoms with Gasteiger partial charge in [-0.25, -0.2) is 9.59 Å². The lowest BCUT2D eigenvalue weighted by Gasteiger charge is -2.10. The van der Waals surface area contributed by atoms with Gasteiger partial charge in [-0.1, -0.05) is 18.2 Å². The molecule has 2 rings (SSSR count). The number of nitrogens with one attached hydrogen (secondary N) is 2. The number of methoxy groups -OCH3 is 1. The Bertz CT molecular complexity index is 736. The summed E-state index contributed by atoms with van der Waals surface area (Å²) in [7, 11) is 1.30. The number of carbonyl (C=O) groups is 2. The minimum Gasteiger partial charge on any atom is -0.465 e. The standard InChI is InChI=1S/C17H16F2N2O4/c1-24-15(22)12-7-5-11(6-8-12)10-20-17(23)21-13-3-2-4-14(9-13)25-16(18)19/h2-9,16H,10H2,1H3,(H2,20,21,23). The summed E-state index contributed by atoms with van der Waals surface area (Å²) in [6.07, 6.45) is 0. The molecule has 8 heteroatoms. The summed E-state index contributed by atoms with van der Waals surface area (Å²) in [6.45, 7) is -2.71. The van der Waals surface area contributed by atoms with Gasteiger partial charge >= 0.3 is 18.6 Å². The third-order valence-corrected chi connectivity index (χ3v) is 3.15. The minimum absolute atomic E-state index is 0.0498. The van der Waals surface area contributed by atoms with Gasteiger partial charge in [0.2, 0.25) is 0 Å². The fourth-order valence-electron chi connectivity index (χ4n) is 1.98. The number of rotatable bonds is 6. The molecule has 132 valence electrons. The van der Waals surface area contributed by atoms with Gasteiger partial charge in [0, 0.05) is 18.3 Å². The summed E-state index contributed by atoms with van der Waals surface area (Å²) in [5, 5.41) is 5.13. The summed E-state index contributed by atoms with van der Waals surface area (Å²) >= 11 is 0. The van der Waals surface area contributed by atoms with Crippen LogP contribution in [-0.2, 0) is 11.3 Å². The van der Waals surface area contributed by atoms with E-state index in [-0.39, 0.29) is 12.3 Å². The number of alkyl halides is 2. The highest BCUT2D eigenvalue weighted by molar-refractivity contribution is 5.90. The van der Waals surface area contributed by atoms with Crippen LogP contribution in [0, 0.1) is 0 Å². The summed E-state index contributed by atoms with van der Waals surface area (Å²) in [4.78, 5) is 23.2. The van der Waals surface area contributed by atoms with Crippen molar-refractivity contribution in [2.24, 2.45) is 0 Å². The molecule has 0 fully saturated rings. The third-order valence-electron chi connectivity index (χ3n) is 3.15. The van der Waals surface area contributed by atoms with Gasteiger partial charge in [0.25, 0.3) is 0 Å². The summed E-state index contributed by atoms with van der Waals surface area (Å²) in [5.74, 6) is -0.491. The fraction of sp³-hybridized carbons (Fsp3) is 0.176. The van der Waals surface area contributed by atoms with E-state index in [1.165, 1.54) is 25.3 Å². The van der Waals surface area contributed by atoms with Crippen molar-refractivity contribution in [3.05, 3.63) is 59.7 Å². The van der Waals surface area contributed by atoms with Crippen molar-refractivity contribution in [1.82, 2.24) is 5.32 Å². The number of amides is 2. The van der Waals surface area contributed by atoms with Gasteiger partial charge in [0.1, 0.15) is 5.75 Å². The minimum atomic E-state index is -2.93. The zero-order valence-corrected chi connectivity index (χ0v) is 13.3. The number of esters is 1. The maximum Gasteiger partial charge on any atom is 0.387 e. The highest BCUT2D eigenvalue weighted by atomic mass is 19.3. The third kappa shape index (κ3) is 5.76. The molecule has 0 atom stereocenters. The van der Waals surface area contributed by atoms with Crippen molar-refractivity contribution in [1.29, 1.82) is 0 Å². The Morgan fingerprint density at radius 2 is 1.84 bits per heavy atom. The quantitative estimate of drug-likeness (QED) is 0.783. The van der Waals surface area contributed by atoms with Crippen molar-refractivity contribution < 1.29 is 27.8 Å². The number of hydrogen-bond donors (Lipinski definition) is 2. The number of benzene rings is 2. The fourth-order valence-corrected chi connectivity index (χ4v) is 1.98. The van der Waals surface area contributed by atoms with Gasteiger partial charge in [-0.05, 0) is 29.8 Å². The number of anilines is 1. The second kappa shape index (κ2) is 8.62. The van der Waals surface area contributed by atoms with E-state index in [0.29, 0.717) is 11.3 Å². The number of urea groups is 1. The predicted molar refractivity (Wildman–Crippen MR) is 86.7 cm³/mol. The molecule has 0 aliphatic rings. The molecule has 2 N–H and O–H groups in total. The molecule has 0 spiro atoms. The van der Waals surface area contributed by atoms with Crippen molar-refractivity contribution >= 4 is 17.7 Å². The van der Waals surface area contributed by atoms with Crippen molar-refractivity contribution in [2.75, 3.05) is 12.4 Å².